The number of nitrogens with zero attached hydrogens (tertiary/aromatic N) is 2. The molecular weight excluding hydrogens is 210 g/mol. The predicted octanol–water partition coefficient (Wildman–Crippen LogP) is 2.69. The topological polar surface area (TPSA) is 28.2 Å². The fraction of sp³-hybridized carbons (Fsp3) is 0.643. The summed E-state index contributed by atoms with van der Waals surface area (Å²) in [7, 11) is 2.13. The van der Waals surface area contributed by atoms with Gasteiger partial charge in [0.2, 0.25) is 0 Å². The van der Waals surface area contributed by atoms with Gasteiger partial charge in [-0.3, -0.25) is 4.98 Å². The fourth-order valence-electron chi connectivity index (χ4n) is 1.74. The van der Waals surface area contributed by atoms with Gasteiger partial charge in [-0.15, -0.1) is 0 Å². The van der Waals surface area contributed by atoms with Crippen molar-refractivity contribution in [2.45, 2.75) is 39.2 Å². The second-order valence-corrected chi connectivity index (χ2v) is 4.62. The minimum atomic E-state index is 0.589. The first-order chi connectivity index (χ1) is 8.24. The van der Waals surface area contributed by atoms with E-state index in [-0.39, 0.29) is 0 Å². The van der Waals surface area contributed by atoms with Crippen LogP contribution in [0.4, 0.5) is 5.69 Å². The largest absolute Gasteiger partial charge is 0.374 e. The van der Waals surface area contributed by atoms with E-state index in [0.29, 0.717) is 6.04 Å². The summed E-state index contributed by atoms with van der Waals surface area (Å²) < 4.78 is 0. The van der Waals surface area contributed by atoms with Crippen LogP contribution in [0, 0.1) is 0 Å². The Morgan fingerprint density at radius 2 is 2.06 bits per heavy atom. The van der Waals surface area contributed by atoms with Crippen molar-refractivity contribution in [3.8, 4) is 0 Å². The Labute approximate surface area is 105 Å². The van der Waals surface area contributed by atoms with Gasteiger partial charge in [0, 0.05) is 37.7 Å². The number of rotatable bonds is 8. The Morgan fingerprint density at radius 1 is 1.35 bits per heavy atom. The van der Waals surface area contributed by atoms with Gasteiger partial charge in [-0.1, -0.05) is 13.3 Å². The summed E-state index contributed by atoms with van der Waals surface area (Å²) in [5, 5.41) is 3.55. The third kappa shape index (κ3) is 5.68. The SMILES string of the molecule is CCCCNC(C)CCN(C)c1ccncc1. The van der Waals surface area contributed by atoms with Gasteiger partial charge in [-0.2, -0.15) is 0 Å². The Hall–Kier alpha value is -1.09. The lowest BCUT2D eigenvalue weighted by Crippen LogP contribution is -2.31. The molecule has 1 N–H and O–H groups in total. The molecule has 1 heterocycles. The first kappa shape index (κ1) is 14.0. The zero-order valence-electron chi connectivity index (χ0n) is 11.3. The van der Waals surface area contributed by atoms with Crippen LogP contribution >= 0.6 is 0 Å². The number of anilines is 1. The summed E-state index contributed by atoms with van der Waals surface area (Å²) in [6.45, 7) is 6.69. The second kappa shape index (κ2) is 8.07. The van der Waals surface area contributed by atoms with E-state index in [4.69, 9.17) is 0 Å². The van der Waals surface area contributed by atoms with E-state index < -0.39 is 0 Å². The van der Waals surface area contributed by atoms with Gasteiger partial charge in [-0.25, -0.2) is 0 Å². The van der Waals surface area contributed by atoms with Crippen molar-refractivity contribution in [3.05, 3.63) is 24.5 Å². The van der Waals surface area contributed by atoms with Crippen molar-refractivity contribution < 1.29 is 0 Å². The molecule has 1 atom stereocenters. The number of pyridine rings is 1. The molecule has 1 aromatic heterocycles. The molecule has 3 nitrogen and oxygen atoms in total. The lowest BCUT2D eigenvalue weighted by atomic mass is 10.2. The predicted molar refractivity (Wildman–Crippen MR) is 74.5 cm³/mol. The van der Waals surface area contributed by atoms with Crippen LogP contribution in [-0.2, 0) is 0 Å². The standard InChI is InChI=1S/C14H25N3/c1-4-5-9-16-13(2)8-12-17(3)14-6-10-15-11-7-14/h6-7,10-11,13,16H,4-5,8-9,12H2,1-3H3. The van der Waals surface area contributed by atoms with Gasteiger partial charge < -0.3 is 10.2 Å². The van der Waals surface area contributed by atoms with Crippen LogP contribution in [0.25, 0.3) is 0 Å². The molecular formula is C14H25N3. The Bertz CT molecular complexity index is 287. The van der Waals surface area contributed by atoms with Crippen LogP contribution in [0.15, 0.2) is 24.5 Å². The van der Waals surface area contributed by atoms with Gasteiger partial charge in [-0.05, 0) is 38.4 Å². The first-order valence-corrected chi connectivity index (χ1v) is 6.58. The van der Waals surface area contributed by atoms with E-state index in [9.17, 15) is 0 Å². The van der Waals surface area contributed by atoms with Gasteiger partial charge in [0.15, 0.2) is 0 Å². The number of unbranched alkanes of at least 4 members (excludes halogenated alkanes) is 1. The van der Waals surface area contributed by atoms with Crippen molar-refractivity contribution in [1.29, 1.82) is 0 Å². The van der Waals surface area contributed by atoms with E-state index in [1.165, 1.54) is 24.9 Å². The number of nitrogens with one attached hydrogen (secondary N) is 1. The second-order valence-electron chi connectivity index (χ2n) is 4.62. The van der Waals surface area contributed by atoms with E-state index in [1.807, 2.05) is 12.4 Å². The monoisotopic (exact) mass is 235 g/mol. The minimum absolute atomic E-state index is 0.589. The summed E-state index contributed by atoms with van der Waals surface area (Å²) in [5.74, 6) is 0. The molecule has 0 radical (unpaired) electrons. The molecule has 0 aliphatic rings. The third-order valence-electron chi connectivity index (χ3n) is 3.02. The molecule has 0 saturated carbocycles. The van der Waals surface area contributed by atoms with Crippen molar-refractivity contribution in [1.82, 2.24) is 10.3 Å². The van der Waals surface area contributed by atoms with Crippen LogP contribution in [0.3, 0.4) is 0 Å². The van der Waals surface area contributed by atoms with Gasteiger partial charge in [0.1, 0.15) is 0 Å². The van der Waals surface area contributed by atoms with E-state index in [2.05, 4.69) is 48.2 Å². The maximum Gasteiger partial charge on any atom is 0.0394 e. The average Bonchev–Trinajstić information content (AvgIpc) is 2.37. The highest BCUT2D eigenvalue weighted by atomic mass is 15.1. The van der Waals surface area contributed by atoms with Crippen molar-refractivity contribution in [2.75, 3.05) is 25.0 Å². The Morgan fingerprint density at radius 3 is 2.71 bits per heavy atom. The summed E-state index contributed by atoms with van der Waals surface area (Å²) in [6.07, 6.45) is 7.38. The molecule has 96 valence electrons. The molecule has 0 fully saturated rings. The molecule has 17 heavy (non-hydrogen) atoms. The van der Waals surface area contributed by atoms with Crippen LogP contribution < -0.4 is 10.2 Å². The van der Waals surface area contributed by atoms with Gasteiger partial charge >= 0.3 is 0 Å². The molecule has 1 rings (SSSR count). The van der Waals surface area contributed by atoms with Crippen molar-refractivity contribution in [2.24, 2.45) is 0 Å². The van der Waals surface area contributed by atoms with Crippen LogP contribution in [0.2, 0.25) is 0 Å². The number of hydrogen-bond acceptors (Lipinski definition) is 3. The van der Waals surface area contributed by atoms with E-state index >= 15 is 0 Å². The molecule has 0 spiro atoms. The molecule has 0 bridgehead atoms. The van der Waals surface area contributed by atoms with Crippen LogP contribution in [0.5, 0.6) is 0 Å². The van der Waals surface area contributed by atoms with E-state index in [1.54, 1.807) is 0 Å². The van der Waals surface area contributed by atoms with Crippen molar-refractivity contribution in [3.63, 3.8) is 0 Å². The summed E-state index contributed by atoms with van der Waals surface area (Å²) in [6, 6.07) is 4.69. The van der Waals surface area contributed by atoms with Crippen LogP contribution in [0.1, 0.15) is 33.1 Å². The molecule has 1 unspecified atom stereocenters. The molecule has 3 heteroatoms. The highest BCUT2D eigenvalue weighted by Gasteiger charge is 2.04. The Balaban J connectivity index is 2.21. The quantitative estimate of drug-likeness (QED) is 0.702. The van der Waals surface area contributed by atoms with Gasteiger partial charge in [0.05, 0.1) is 0 Å². The summed E-state index contributed by atoms with van der Waals surface area (Å²) in [5.41, 5.74) is 1.24. The maximum absolute atomic E-state index is 4.03. The Kier molecular flexibility index (Phi) is 6.63. The number of hydrogen-bond donors (Lipinski definition) is 1. The molecule has 0 aliphatic heterocycles. The number of aromatic nitrogens is 1. The molecule has 0 aromatic carbocycles. The zero-order chi connectivity index (χ0) is 12.5. The third-order valence-corrected chi connectivity index (χ3v) is 3.02. The fourth-order valence-corrected chi connectivity index (χ4v) is 1.74. The molecule has 0 amide bonds. The normalized spacial score (nSPS) is 12.4. The average molecular weight is 235 g/mol. The zero-order valence-corrected chi connectivity index (χ0v) is 11.3. The lowest BCUT2D eigenvalue weighted by Gasteiger charge is -2.21. The molecule has 1 aromatic rings. The lowest BCUT2D eigenvalue weighted by molar-refractivity contribution is 0.505. The summed E-state index contributed by atoms with van der Waals surface area (Å²) >= 11 is 0. The highest BCUT2D eigenvalue weighted by molar-refractivity contribution is 5.43. The molecule has 0 saturated heterocycles. The molecule has 0 aliphatic carbocycles. The highest BCUT2D eigenvalue weighted by Crippen LogP contribution is 2.10. The smallest absolute Gasteiger partial charge is 0.0394 e. The summed E-state index contributed by atoms with van der Waals surface area (Å²) in [4.78, 5) is 6.31. The van der Waals surface area contributed by atoms with E-state index in [0.717, 1.165) is 13.1 Å². The van der Waals surface area contributed by atoms with Crippen molar-refractivity contribution >= 4 is 5.69 Å². The first-order valence-electron chi connectivity index (χ1n) is 6.58. The van der Waals surface area contributed by atoms with Gasteiger partial charge in [0.25, 0.3) is 0 Å². The minimum Gasteiger partial charge on any atom is -0.374 e. The van der Waals surface area contributed by atoms with Crippen LogP contribution in [-0.4, -0.2) is 31.2 Å². The maximum atomic E-state index is 4.03.